The molecule has 2 aromatic carbocycles. The van der Waals surface area contributed by atoms with E-state index in [1.165, 1.54) is 31.8 Å². The summed E-state index contributed by atoms with van der Waals surface area (Å²) in [5.41, 5.74) is 14.1. The second-order valence-corrected chi connectivity index (χ2v) is 9.10. The van der Waals surface area contributed by atoms with Gasteiger partial charge in [-0.2, -0.15) is 0 Å². The van der Waals surface area contributed by atoms with Crippen LogP contribution in [0.2, 0.25) is 0 Å². The minimum Gasteiger partial charge on any atom is -0.458 e. The summed E-state index contributed by atoms with van der Waals surface area (Å²) in [6.07, 6.45) is 12.2. The Morgan fingerprint density at radius 1 is 1.00 bits per heavy atom. The van der Waals surface area contributed by atoms with Gasteiger partial charge < -0.3 is 20.9 Å². The van der Waals surface area contributed by atoms with Crippen molar-refractivity contribution in [2.45, 2.75) is 64.9 Å². The molecule has 6 nitrogen and oxygen atoms in total. The molecular weight excluding hydrogens is 428 g/mol. The Morgan fingerprint density at radius 2 is 1.74 bits per heavy atom. The monoisotopic (exact) mass is 464 g/mol. The van der Waals surface area contributed by atoms with Gasteiger partial charge in [-0.15, -0.1) is 0 Å². The number of esters is 2. The molecule has 4 N–H and O–H groups in total. The Morgan fingerprint density at radius 3 is 2.41 bits per heavy atom. The summed E-state index contributed by atoms with van der Waals surface area (Å²) in [5.74, 6) is 0.663. The molecule has 0 heterocycles. The first-order chi connectivity index (χ1) is 16.4. The van der Waals surface area contributed by atoms with Crippen molar-refractivity contribution >= 4 is 29.4 Å². The molecule has 1 fully saturated rings. The first-order valence-electron chi connectivity index (χ1n) is 12.2. The number of benzene rings is 2. The molecule has 1 aliphatic carbocycles. The van der Waals surface area contributed by atoms with Gasteiger partial charge in [-0.1, -0.05) is 50.8 Å². The SMILES string of the molecule is CCCCCC1CCC(C(=O)Oc2ccc(/C=C/C(=O)OCc3ccc(N)cc3N)cc2)CC1. The zero-order chi connectivity index (χ0) is 24.3. The molecule has 1 saturated carbocycles. The van der Waals surface area contributed by atoms with E-state index in [2.05, 4.69) is 6.92 Å². The van der Waals surface area contributed by atoms with E-state index in [1.54, 1.807) is 48.5 Å². The number of anilines is 2. The van der Waals surface area contributed by atoms with Crippen molar-refractivity contribution in [1.82, 2.24) is 0 Å². The predicted molar refractivity (Wildman–Crippen MR) is 136 cm³/mol. The number of nitrogen functional groups attached to an aromatic ring is 2. The van der Waals surface area contributed by atoms with E-state index in [-0.39, 0.29) is 18.5 Å². The van der Waals surface area contributed by atoms with Crippen LogP contribution in [-0.2, 0) is 20.9 Å². The Kier molecular flexibility index (Phi) is 9.56. The molecule has 1 aliphatic rings. The molecule has 0 spiro atoms. The second-order valence-electron chi connectivity index (χ2n) is 9.10. The Balaban J connectivity index is 1.41. The van der Waals surface area contributed by atoms with Crippen molar-refractivity contribution in [1.29, 1.82) is 0 Å². The maximum absolute atomic E-state index is 12.6. The number of hydrogen-bond acceptors (Lipinski definition) is 6. The molecular formula is C28H36N2O4. The van der Waals surface area contributed by atoms with Crippen LogP contribution in [0.15, 0.2) is 48.5 Å². The van der Waals surface area contributed by atoms with Crippen LogP contribution in [0.5, 0.6) is 5.75 Å². The Hall–Kier alpha value is -3.28. The fourth-order valence-corrected chi connectivity index (χ4v) is 4.32. The molecule has 0 radical (unpaired) electrons. The topological polar surface area (TPSA) is 105 Å². The van der Waals surface area contributed by atoms with Gasteiger partial charge >= 0.3 is 11.9 Å². The summed E-state index contributed by atoms with van der Waals surface area (Å²) < 4.78 is 10.8. The standard InChI is InChI=1S/C28H36N2O4/c1-2-3-4-5-20-6-11-22(12-7-20)28(32)34-25-15-8-21(9-16-25)10-17-27(31)33-19-23-13-14-24(29)18-26(23)30/h8-10,13-18,20,22H,2-7,11-12,19,29-30H2,1H3/b17-10+. The summed E-state index contributed by atoms with van der Waals surface area (Å²) in [6.45, 7) is 2.30. The molecule has 0 bridgehead atoms. The summed E-state index contributed by atoms with van der Waals surface area (Å²) >= 11 is 0. The van der Waals surface area contributed by atoms with E-state index in [0.717, 1.165) is 37.2 Å². The maximum Gasteiger partial charge on any atom is 0.331 e. The number of rotatable bonds is 10. The molecule has 0 aliphatic heterocycles. The van der Waals surface area contributed by atoms with E-state index in [4.69, 9.17) is 20.9 Å². The minimum atomic E-state index is -0.475. The fraction of sp³-hybridized carbons (Fsp3) is 0.429. The molecule has 0 saturated heterocycles. The Labute approximate surface area is 202 Å². The molecule has 34 heavy (non-hydrogen) atoms. The van der Waals surface area contributed by atoms with Crippen molar-refractivity contribution < 1.29 is 19.1 Å². The molecule has 0 amide bonds. The second kappa shape index (κ2) is 12.8. The van der Waals surface area contributed by atoms with Crippen molar-refractivity contribution in [3.63, 3.8) is 0 Å². The van der Waals surface area contributed by atoms with Crippen LogP contribution < -0.4 is 16.2 Å². The highest BCUT2D eigenvalue weighted by atomic mass is 16.5. The lowest BCUT2D eigenvalue weighted by Gasteiger charge is -2.27. The molecule has 182 valence electrons. The first-order valence-corrected chi connectivity index (χ1v) is 12.2. The largest absolute Gasteiger partial charge is 0.458 e. The number of unbranched alkanes of at least 4 members (excludes halogenated alkanes) is 2. The zero-order valence-electron chi connectivity index (χ0n) is 20.0. The first kappa shape index (κ1) is 25.3. The number of nitrogens with two attached hydrogens (primary N) is 2. The number of carbonyl (C=O) groups excluding carboxylic acids is 2. The lowest BCUT2D eigenvalue weighted by molar-refractivity contribution is -0.140. The molecule has 0 atom stereocenters. The average molecular weight is 465 g/mol. The van der Waals surface area contributed by atoms with Gasteiger partial charge in [-0.3, -0.25) is 4.79 Å². The van der Waals surface area contributed by atoms with Crippen molar-refractivity contribution in [2.24, 2.45) is 11.8 Å². The number of ether oxygens (including phenoxy) is 2. The van der Waals surface area contributed by atoms with Crippen LogP contribution in [0, 0.1) is 11.8 Å². The fourth-order valence-electron chi connectivity index (χ4n) is 4.32. The van der Waals surface area contributed by atoms with Crippen molar-refractivity contribution in [3.05, 3.63) is 59.7 Å². The van der Waals surface area contributed by atoms with Gasteiger partial charge in [-0.05, 0) is 67.5 Å². The molecule has 0 unspecified atom stereocenters. The smallest absolute Gasteiger partial charge is 0.331 e. The van der Waals surface area contributed by atoms with Gasteiger partial charge in [0.05, 0.1) is 5.92 Å². The van der Waals surface area contributed by atoms with Gasteiger partial charge in [0.25, 0.3) is 0 Å². The predicted octanol–water partition coefficient (Wildman–Crippen LogP) is 5.90. The quantitative estimate of drug-likeness (QED) is 0.149. The van der Waals surface area contributed by atoms with E-state index in [1.807, 2.05) is 0 Å². The van der Waals surface area contributed by atoms with Crippen molar-refractivity contribution in [3.8, 4) is 5.75 Å². The van der Waals surface area contributed by atoms with Crippen molar-refractivity contribution in [2.75, 3.05) is 11.5 Å². The third-order valence-corrected chi connectivity index (χ3v) is 6.45. The van der Waals surface area contributed by atoms with Crippen LogP contribution >= 0.6 is 0 Å². The van der Waals surface area contributed by atoms with Gasteiger partial charge in [0.1, 0.15) is 12.4 Å². The van der Waals surface area contributed by atoms with E-state index >= 15 is 0 Å². The third kappa shape index (κ3) is 7.94. The van der Waals surface area contributed by atoms with Gasteiger partial charge in [0, 0.05) is 23.0 Å². The van der Waals surface area contributed by atoms with Gasteiger partial charge in [0.15, 0.2) is 0 Å². The lowest BCUT2D eigenvalue weighted by Crippen LogP contribution is -2.25. The van der Waals surface area contributed by atoms with Crippen LogP contribution in [0.1, 0.15) is 69.4 Å². The highest BCUT2D eigenvalue weighted by Gasteiger charge is 2.27. The molecule has 0 aromatic heterocycles. The normalized spacial score (nSPS) is 18.0. The Bertz CT molecular complexity index is 976. The summed E-state index contributed by atoms with van der Waals surface area (Å²) in [7, 11) is 0. The highest BCUT2D eigenvalue weighted by Crippen LogP contribution is 2.33. The van der Waals surface area contributed by atoms with E-state index in [9.17, 15) is 9.59 Å². The zero-order valence-corrected chi connectivity index (χ0v) is 20.0. The minimum absolute atomic E-state index is 0.00754. The van der Waals surface area contributed by atoms with Gasteiger partial charge in [0.2, 0.25) is 0 Å². The lowest BCUT2D eigenvalue weighted by atomic mass is 9.80. The van der Waals surface area contributed by atoms with Crippen LogP contribution in [0.3, 0.4) is 0 Å². The summed E-state index contributed by atoms with van der Waals surface area (Å²) in [5, 5.41) is 0. The molecule has 2 aromatic rings. The molecule has 6 heteroatoms. The van der Waals surface area contributed by atoms with Crippen LogP contribution in [-0.4, -0.2) is 11.9 Å². The average Bonchev–Trinajstić information content (AvgIpc) is 2.83. The van der Waals surface area contributed by atoms with Crippen LogP contribution in [0.25, 0.3) is 6.08 Å². The van der Waals surface area contributed by atoms with Crippen LogP contribution in [0.4, 0.5) is 11.4 Å². The number of hydrogen-bond donors (Lipinski definition) is 2. The van der Waals surface area contributed by atoms with Gasteiger partial charge in [-0.25, -0.2) is 4.79 Å². The number of carbonyl (C=O) groups is 2. The summed E-state index contributed by atoms with van der Waals surface area (Å²) in [4.78, 5) is 24.6. The molecule has 3 rings (SSSR count). The van der Waals surface area contributed by atoms with E-state index < -0.39 is 5.97 Å². The highest BCUT2D eigenvalue weighted by molar-refractivity contribution is 5.87. The third-order valence-electron chi connectivity index (χ3n) is 6.45. The van der Waals surface area contributed by atoms with E-state index in [0.29, 0.717) is 22.7 Å². The maximum atomic E-state index is 12.6. The summed E-state index contributed by atoms with van der Waals surface area (Å²) in [6, 6.07) is 12.2.